The van der Waals surface area contributed by atoms with Gasteiger partial charge in [0.15, 0.2) is 0 Å². The molecule has 0 unspecified atom stereocenters. The van der Waals surface area contributed by atoms with Crippen molar-refractivity contribution in [3.8, 4) is 11.5 Å². The van der Waals surface area contributed by atoms with Crippen LogP contribution < -0.4 is 10.1 Å². The van der Waals surface area contributed by atoms with Crippen LogP contribution in [0.15, 0.2) is 61.1 Å². The van der Waals surface area contributed by atoms with Crippen molar-refractivity contribution in [3.63, 3.8) is 0 Å². The number of benzene rings is 2. The predicted molar refractivity (Wildman–Crippen MR) is 120 cm³/mol. The van der Waals surface area contributed by atoms with Gasteiger partial charge in [0.1, 0.15) is 11.5 Å². The number of aryl methyl sites for hydroxylation is 2. The van der Waals surface area contributed by atoms with Crippen LogP contribution in [0, 0.1) is 13.8 Å². The Morgan fingerprint density at radius 1 is 0.967 bits per heavy atom. The molecule has 0 saturated heterocycles. The van der Waals surface area contributed by atoms with Crippen LogP contribution in [0.25, 0.3) is 10.9 Å². The third-order valence-electron chi connectivity index (χ3n) is 4.65. The van der Waals surface area contributed by atoms with Gasteiger partial charge in [-0.05, 0) is 49.7 Å². The number of ether oxygens (including phenoxy) is 1. The van der Waals surface area contributed by atoms with Crippen molar-refractivity contribution in [2.24, 2.45) is 0 Å². The number of carbonyl (C=O) groups is 1. The Balaban J connectivity index is 1.80. The fraction of sp³-hybridized carbons (Fsp3) is 0.0870. The van der Waals surface area contributed by atoms with Crippen LogP contribution in [0.2, 0.25) is 10.0 Å². The van der Waals surface area contributed by atoms with Crippen molar-refractivity contribution >= 4 is 45.7 Å². The highest BCUT2D eigenvalue weighted by Gasteiger charge is 2.19. The summed E-state index contributed by atoms with van der Waals surface area (Å²) in [6.07, 6.45) is 5.04. The van der Waals surface area contributed by atoms with Crippen LogP contribution in [-0.4, -0.2) is 15.9 Å². The Labute approximate surface area is 183 Å². The van der Waals surface area contributed by atoms with Crippen LogP contribution in [0.3, 0.4) is 0 Å². The molecule has 150 valence electrons. The summed E-state index contributed by atoms with van der Waals surface area (Å²) >= 11 is 12.4. The highest BCUT2D eigenvalue weighted by molar-refractivity contribution is 6.40. The number of fused-ring (bicyclic) bond motifs is 1. The number of aromatic nitrogens is 2. The molecule has 4 aromatic rings. The van der Waals surface area contributed by atoms with Gasteiger partial charge < -0.3 is 10.1 Å². The summed E-state index contributed by atoms with van der Waals surface area (Å²) < 4.78 is 6.13. The van der Waals surface area contributed by atoms with Gasteiger partial charge in [-0.25, -0.2) is 0 Å². The molecule has 2 aromatic carbocycles. The minimum Gasteiger partial charge on any atom is -0.455 e. The zero-order chi connectivity index (χ0) is 21.3. The molecule has 0 radical (unpaired) electrons. The standard InChI is InChI=1S/C23H17Cl2N3O2/c1-13-8-9-18(28-23(29)20-16(24)6-3-7-17(20)25)21-19(13)22(14(2)11-27-21)30-15-5-4-10-26-12-15/h3-12H,1-2H3,(H,28,29). The van der Waals surface area contributed by atoms with Gasteiger partial charge in [0, 0.05) is 23.3 Å². The molecule has 0 spiro atoms. The van der Waals surface area contributed by atoms with Gasteiger partial charge in [-0.15, -0.1) is 0 Å². The molecule has 2 heterocycles. The van der Waals surface area contributed by atoms with Crippen LogP contribution in [-0.2, 0) is 0 Å². The maximum atomic E-state index is 12.9. The first kappa shape index (κ1) is 20.1. The number of carbonyl (C=O) groups excluding carboxylic acids is 1. The molecule has 1 amide bonds. The monoisotopic (exact) mass is 437 g/mol. The first-order valence-electron chi connectivity index (χ1n) is 9.18. The third-order valence-corrected chi connectivity index (χ3v) is 5.28. The molecule has 1 N–H and O–H groups in total. The number of nitrogens with one attached hydrogen (secondary N) is 1. The molecule has 0 fully saturated rings. The Morgan fingerprint density at radius 2 is 1.73 bits per heavy atom. The van der Waals surface area contributed by atoms with Crippen molar-refractivity contribution < 1.29 is 9.53 Å². The summed E-state index contributed by atoms with van der Waals surface area (Å²) in [5.41, 5.74) is 3.19. The number of anilines is 1. The van der Waals surface area contributed by atoms with E-state index in [1.807, 2.05) is 26.0 Å². The molecule has 5 nitrogen and oxygen atoms in total. The maximum Gasteiger partial charge on any atom is 0.258 e. The van der Waals surface area contributed by atoms with Gasteiger partial charge >= 0.3 is 0 Å². The summed E-state index contributed by atoms with van der Waals surface area (Å²) in [4.78, 5) is 21.5. The second-order valence-corrected chi connectivity index (χ2v) is 7.58. The summed E-state index contributed by atoms with van der Waals surface area (Å²) in [7, 11) is 0. The lowest BCUT2D eigenvalue weighted by Gasteiger charge is -2.16. The van der Waals surface area contributed by atoms with Crippen molar-refractivity contribution in [3.05, 3.63) is 87.8 Å². The van der Waals surface area contributed by atoms with E-state index >= 15 is 0 Å². The largest absolute Gasteiger partial charge is 0.455 e. The third kappa shape index (κ3) is 3.82. The number of hydrogen-bond donors (Lipinski definition) is 1. The molecule has 2 aromatic heterocycles. The van der Waals surface area contributed by atoms with Crippen molar-refractivity contribution in [2.75, 3.05) is 5.32 Å². The van der Waals surface area contributed by atoms with E-state index in [2.05, 4.69) is 15.3 Å². The number of halogens is 2. The zero-order valence-corrected chi connectivity index (χ0v) is 17.8. The van der Waals surface area contributed by atoms with Gasteiger partial charge in [0.2, 0.25) is 0 Å². The Morgan fingerprint density at radius 3 is 2.43 bits per heavy atom. The van der Waals surface area contributed by atoms with Crippen LogP contribution in [0.5, 0.6) is 11.5 Å². The average molecular weight is 438 g/mol. The van der Waals surface area contributed by atoms with E-state index in [9.17, 15) is 4.79 Å². The molecule has 0 atom stereocenters. The van der Waals surface area contributed by atoms with Crippen LogP contribution in [0.1, 0.15) is 21.5 Å². The summed E-state index contributed by atoms with van der Waals surface area (Å²) in [5.74, 6) is 0.870. The normalized spacial score (nSPS) is 10.8. The second kappa shape index (κ2) is 8.30. The Hall–Kier alpha value is -3.15. The average Bonchev–Trinajstić information content (AvgIpc) is 2.72. The van der Waals surface area contributed by atoms with Crippen molar-refractivity contribution in [2.45, 2.75) is 13.8 Å². The minimum atomic E-state index is -0.409. The quantitative estimate of drug-likeness (QED) is 0.390. The Kier molecular flexibility index (Phi) is 5.57. The Bertz CT molecular complexity index is 1240. The molecule has 4 rings (SSSR count). The first-order valence-corrected chi connectivity index (χ1v) is 9.93. The molecule has 0 aliphatic heterocycles. The fourth-order valence-electron chi connectivity index (χ4n) is 3.19. The lowest BCUT2D eigenvalue weighted by atomic mass is 10.0. The van der Waals surface area contributed by atoms with E-state index in [1.54, 1.807) is 48.9 Å². The van der Waals surface area contributed by atoms with Gasteiger partial charge in [0.05, 0.1) is 33.0 Å². The molecular weight excluding hydrogens is 421 g/mol. The molecular formula is C23H17Cl2N3O2. The van der Waals surface area contributed by atoms with Crippen LogP contribution >= 0.6 is 23.2 Å². The summed E-state index contributed by atoms with van der Waals surface area (Å²) in [5, 5.41) is 4.25. The first-order chi connectivity index (χ1) is 14.5. The van der Waals surface area contributed by atoms with E-state index in [0.29, 0.717) is 22.7 Å². The van der Waals surface area contributed by atoms with Gasteiger partial charge in [-0.1, -0.05) is 35.3 Å². The lowest BCUT2D eigenvalue weighted by Crippen LogP contribution is -2.14. The molecule has 7 heteroatoms. The maximum absolute atomic E-state index is 12.9. The molecule has 0 bridgehead atoms. The summed E-state index contributed by atoms with van der Waals surface area (Å²) in [6.45, 7) is 3.89. The lowest BCUT2D eigenvalue weighted by molar-refractivity contribution is 0.102. The minimum absolute atomic E-state index is 0.216. The van der Waals surface area contributed by atoms with E-state index in [0.717, 1.165) is 16.5 Å². The zero-order valence-electron chi connectivity index (χ0n) is 16.2. The fourth-order valence-corrected chi connectivity index (χ4v) is 3.76. The van der Waals surface area contributed by atoms with Gasteiger partial charge in [-0.2, -0.15) is 0 Å². The SMILES string of the molecule is Cc1cnc2c(NC(=O)c3c(Cl)cccc3Cl)ccc(C)c2c1Oc1cccnc1. The van der Waals surface area contributed by atoms with Gasteiger partial charge in [-0.3, -0.25) is 14.8 Å². The van der Waals surface area contributed by atoms with Crippen molar-refractivity contribution in [1.82, 2.24) is 9.97 Å². The smallest absolute Gasteiger partial charge is 0.258 e. The topological polar surface area (TPSA) is 64.1 Å². The van der Waals surface area contributed by atoms with E-state index in [-0.39, 0.29) is 15.6 Å². The van der Waals surface area contributed by atoms with Crippen LogP contribution in [0.4, 0.5) is 5.69 Å². The number of amides is 1. The molecule has 0 saturated carbocycles. The molecule has 0 aliphatic rings. The highest BCUT2D eigenvalue weighted by Crippen LogP contribution is 2.37. The highest BCUT2D eigenvalue weighted by atomic mass is 35.5. The predicted octanol–water partition coefficient (Wildman–Crippen LogP) is 6.60. The summed E-state index contributed by atoms with van der Waals surface area (Å²) in [6, 6.07) is 12.3. The van der Waals surface area contributed by atoms with Gasteiger partial charge in [0.25, 0.3) is 5.91 Å². The second-order valence-electron chi connectivity index (χ2n) is 6.77. The van der Waals surface area contributed by atoms with E-state index < -0.39 is 5.91 Å². The number of hydrogen-bond acceptors (Lipinski definition) is 4. The van der Waals surface area contributed by atoms with Crippen molar-refractivity contribution in [1.29, 1.82) is 0 Å². The number of rotatable bonds is 4. The van der Waals surface area contributed by atoms with E-state index in [4.69, 9.17) is 27.9 Å². The molecule has 0 aliphatic carbocycles. The number of nitrogens with zero attached hydrogens (tertiary/aromatic N) is 2. The molecule has 30 heavy (non-hydrogen) atoms. The van der Waals surface area contributed by atoms with E-state index in [1.165, 1.54) is 0 Å². The number of pyridine rings is 2.